The lowest BCUT2D eigenvalue weighted by molar-refractivity contribution is 0.493. The zero-order valence-electron chi connectivity index (χ0n) is 13.3. The molecule has 0 aliphatic heterocycles. The predicted molar refractivity (Wildman–Crippen MR) is 94.5 cm³/mol. The van der Waals surface area contributed by atoms with Crippen molar-refractivity contribution in [2.24, 2.45) is 7.05 Å². The van der Waals surface area contributed by atoms with Crippen molar-refractivity contribution in [1.82, 2.24) is 19.7 Å². The van der Waals surface area contributed by atoms with Crippen molar-refractivity contribution in [1.29, 1.82) is 0 Å². The summed E-state index contributed by atoms with van der Waals surface area (Å²) in [5, 5.41) is 8.93. The highest BCUT2D eigenvalue weighted by Crippen LogP contribution is 2.46. The molecular weight excluding hydrogens is 354 g/mol. The molecule has 0 spiro atoms. The van der Waals surface area contributed by atoms with Gasteiger partial charge in [-0.1, -0.05) is 38.1 Å². The van der Waals surface area contributed by atoms with Crippen LogP contribution >= 0.6 is 15.9 Å². The van der Waals surface area contributed by atoms with Crippen molar-refractivity contribution in [2.75, 3.05) is 5.32 Å². The second-order valence-electron chi connectivity index (χ2n) is 6.71. The van der Waals surface area contributed by atoms with Gasteiger partial charge in [0.1, 0.15) is 16.7 Å². The molecule has 1 atom stereocenters. The summed E-state index contributed by atoms with van der Waals surface area (Å²) in [6.45, 7) is 4.59. The molecule has 2 heterocycles. The number of nitrogens with zero attached hydrogens (tertiary/aromatic N) is 4. The van der Waals surface area contributed by atoms with Gasteiger partial charge < -0.3 is 5.32 Å². The third kappa shape index (κ3) is 2.24. The normalized spacial score (nSPS) is 19.0. The standard InChI is InChI=1S/C17H18BrN5/c1-17(2)8-12(10-6-4-5-7-11(10)17)21-15-13-14(18)22-23(3)16(13)20-9-19-15/h4-7,9,12H,8H2,1-3H3,(H,19,20,21). The SMILES string of the molecule is Cn1nc(Br)c2c(NC3CC(C)(C)c4ccccc43)ncnc21. The third-order valence-corrected chi connectivity index (χ3v) is 5.22. The molecule has 6 heteroatoms. The molecule has 4 rings (SSSR count). The summed E-state index contributed by atoms with van der Waals surface area (Å²) in [5.74, 6) is 0.826. The number of hydrogen-bond donors (Lipinski definition) is 1. The molecule has 5 nitrogen and oxygen atoms in total. The van der Waals surface area contributed by atoms with Crippen LogP contribution in [0.1, 0.15) is 37.4 Å². The van der Waals surface area contributed by atoms with Crippen molar-refractivity contribution in [3.63, 3.8) is 0 Å². The Morgan fingerprint density at radius 1 is 1.26 bits per heavy atom. The highest BCUT2D eigenvalue weighted by Gasteiger charge is 2.36. The molecule has 1 N–H and O–H groups in total. The van der Waals surface area contributed by atoms with Crippen molar-refractivity contribution in [2.45, 2.75) is 31.7 Å². The first-order valence-corrected chi connectivity index (χ1v) is 8.46. The molecule has 0 amide bonds. The van der Waals surface area contributed by atoms with Gasteiger partial charge in [0.25, 0.3) is 0 Å². The van der Waals surface area contributed by atoms with E-state index in [1.165, 1.54) is 11.1 Å². The Morgan fingerprint density at radius 2 is 2.04 bits per heavy atom. The number of nitrogens with one attached hydrogen (secondary N) is 1. The molecule has 0 saturated carbocycles. The second kappa shape index (κ2) is 5.03. The summed E-state index contributed by atoms with van der Waals surface area (Å²) >= 11 is 3.52. The first-order valence-electron chi connectivity index (χ1n) is 7.66. The Hall–Kier alpha value is -1.95. The van der Waals surface area contributed by atoms with Crippen LogP contribution in [0.15, 0.2) is 35.2 Å². The number of anilines is 1. The maximum atomic E-state index is 4.46. The predicted octanol–water partition coefficient (Wildman–Crippen LogP) is 3.96. The lowest BCUT2D eigenvalue weighted by Gasteiger charge is -2.19. The van der Waals surface area contributed by atoms with Gasteiger partial charge in [-0.25, -0.2) is 14.6 Å². The van der Waals surface area contributed by atoms with Crippen LogP contribution in [0.3, 0.4) is 0 Å². The summed E-state index contributed by atoms with van der Waals surface area (Å²) < 4.78 is 2.53. The van der Waals surface area contributed by atoms with Crippen LogP contribution in [-0.4, -0.2) is 19.7 Å². The average molecular weight is 372 g/mol. The fourth-order valence-corrected chi connectivity index (χ4v) is 4.19. The molecule has 3 aromatic rings. The van der Waals surface area contributed by atoms with Crippen LogP contribution in [0.2, 0.25) is 0 Å². The Morgan fingerprint density at radius 3 is 2.87 bits per heavy atom. The van der Waals surface area contributed by atoms with E-state index in [1.807, 2.05) is 7.05 Å². The molecule has 118 valence electrons. The largest absolute Gasteiger partial charge is 0.362 e. The van der Waals surface area contributed by atoms with E-state index in [0.717, 1.165) is 27.9 Å². The second-order valence-corrected chi connectivity index (χ2v) is 7.46. The van der Waals surface area contributed by atoms with Gasteiger partial charge in [0, 0.05) is 7.05 Å². The third-order valence-electron chi connectivity index (χ3n) is 4.67. The monoisotopic (exact) mass is 371 g/mol. The van der Waals surface area contributed by atoms with Crippen LogP contribution in [0.5, 0.6) is 0 Å². The minimum absolute atomic E-state index is 0.159. The molecule has 0 radical (unpaired) electrons. The number of fused-ring (bicyclic) bond motifs is 2. The summed E-state index contributed by atoms with van der Waals surface area (Å²) in [7, 11) is 1.89. The van der Waals surface area contributed by atoms with Crippen molar-refractivity contribution in [3.8, 4) is 0 Å². The fourth-order valence-electron chi connectivity index (χ4n) is 3.59. The minimum Gasteiger partial charge on any atom is -0.362 e. The highest BCUT2D eigenvalue weighted by atomic mass is 79.9. The number of rotatable bonds is 2. The zero-order chi connectivity index (χ0) is 16.2. The minimum atomic E-state index is 0.159. The van der Waals surface area contributed by atoms with Crippen molar-refractivity contribution >= 4 is 32.8 Å². The Bertz CT molecular complexity index is 899. The van der Waals surface area contributed by atoms with Gasteiger partial charge in [0.2, 0.25) is 0 Å². The first kappa shape index (κ1) is 14.6. The summed E-state index contributed by atoms with van der Waals surface area (Å²) in [4.78, 5) is 8.79. The number of benzene rings is 1. The van der Waals surface area contributed by atoms with Gasteiger partial charge in [-0.05, 0) is 38.9 Å². The van der Waals surface area contributed by atoms with Crippen molar-refractivity contribution < 1.29 is 0 Å². The molecule has 1 unspecified atom stereocenters. The molecule has 2 aromatic heterocycles. The number of hydrogen-bond acceptors (Lipinski definition) is 4. The van der Waals surface area contributed by atoms with E-state index in [9.17, 15) is 0 Å². The average Bonchev–Trinajstić information content (AvgIpc) is 2.95. The van der Waals surface area contributed by atoms with Gasteiger partial charge in [-0.2, -0.15) is 5.10 Å². The van der Waals surface area contributed by atoms with Gasteiger partial charge in [-0.3, -0.25) is 0 Å². The summed E-state index contributed by atoms with van der Waals surface area (Å²) in [5.41, 5.74) is 3.74. The van der Waals surface area contributed by atoms with E-state index < -0.39 is 0 Å². The topological polar surface area (TPSA) is 55.6 Å². The van der Waals surface area contributed by atoms with Crippen LogP contribution in [-0.2, 0) is 12.5 Å². The number of aryl methyl sites for hydroxylation is 1. The Balaban J connectivity index is 1.78. The van der Waals surface area contributed by atoms with E-state index in [4.69, 9.17) is 0 Å². The molecule has 1 aliphatic rings. The Labute approximate surface area is 143 Å². The molecule has 0 fully saturated rings. The number of halogens is 1. The lowest BCUT2D eigenvalue weighted by Crippen LogP contribution is -2.15. The van der Waals surface area contributed by atoms with E-state index >= 15 is 0 Å². The van der Waals surface area contributed by atoms with Crippen LogP contribution in [0.4, 0.5) is 5.82 Å². The smallest absolute Gasteiger partial charge is 0.164 e. The highest BCUT2D eigenvalue weighted by molar-refractivity contribution is 9.10. The van der Waals surface area contributed by atoms with Gasteiger partial charge in [-0.15, -0.1) is 0 Å². The van der Waals surface area contributed by atoms with Crippen LogP contribution in [0, 0.1) is 0 Å². The molecule has 23 heavy (non-hydrogen) atoms. The van der Waals surface area contributed by atoms with Gasteiger partial charge in [0.05, 0.1) is 11.4 Å². The quantitative estimate of drug-likeness (QED) is 0.740. The zero-order valence-corrected chi connectivity index (χ0v) is 14.9. The fraction of sp³-hybridized carbons (Fsp3) is 0.353. The molecular formula is C17H18BrN5. The van der Waals surface area contributed by atoms with Crippen LogP contribution in [0.25, 0.3) is 11.0 Å². The van der Waals surface area contributed by atoms with Crippen LogP contribution < -0.4 is 5.32 Å². The summed E-state index contributed by atoms with van der Waals surface area (Å²) in [6, 6.07) is 8.89. The molecule has 1 aromatic carbocycles. The van der Waals surface area contributed by atoms with Gasteiger partial charge in [0.15, 0.2) is 5.65 Å². The molecule has 0 saturated heterocycles. The Kier molecular flexibility index (Phi) is 3.20. The summed E-state index contributed by atoms with van der Waals surface area (Å²) in [6.07, 6.45) is 2.63. The van der Waals surface area contributed by atoms with Gasteiger partial charge >= 0.3 is 0 Å². The van der Waals surface area contributed by atoms with E-state index in [1.54, 1.807) is 11.0 Å². The maximum Gasteiger partial charge on any atom is 0.164 e. The van der Waals surface area contributed by atoms with E-state index in [2.05, 4.69) is 74.4 Å². The lowest BCUT2D eigenvalue weighted by atomic mass is 9.86. The van der Waals surface area contributed by atoms with E-state index in [-0.39, 0.29) is 11.5 Å². The van der Waals surface area contributed by atoms with Crippen molar-refractivity contribution in [3.05, 3.63) is 46.3 Å². The number of aromatic nitrogens is 4. The molecule has 0 bridgehead atoms. The molecule has 1 aliphatic carbocycles. The first-order chi connectivity index (χ1) is 11.0. The maximum absolute atomic E-state index is 4.46. The van der Waals surface area contributed by atoms with E-state index in [0.29, 0.717) is 0 Å².